The van der Waals surface area contributed by atoms with Gasteiger partial charge in [0.25, 0.3) is 0 Å². The number of benzene rings is 2. The molecule has 4 aromatic rings. The molecule has 0 atom stereocenters. The molecule has 2 aliphatic rings. The van der Waals surface area contributed by atoms with Crippen LogP contribution in [0.15, 0.2) is 83.9 Å². The van der Waals surface area contributed by atoms with E-state index in [-0.39, 0.29) is 17.3 Å². The number of imidazole rings is 1. The van der Waals surface area contributed by atoms with Crippen LogP contribution in [0.2, 0.25) is 0 Å². The van der Waals surface area contributed by atoms with Crippen LogP contribution in [0, 0.1) is 0 Å². The maximum absolute atomic E-state index is 13.8. The average molecular weight is 483 g/mol. The van der Waals surface area contributed by atoms with Gasteiger partial charge in [0.1, 0.15) is 0 Å². The second kappa shape index (κ2) is 10.1. The monoisotopic (exact) mass is 482 g/mol. The van der Waals surface area contributed by atoms with Crippen molar-refractivity contribution in [3.8, 4) is 0 Å². The molecule has 6 rings (SSSR count). The van der Waals surface area contributed by atoms with Gasteiger partial charge in [0.05, 0.1) is 11.0 Å². The Hall–Kier alpha value is -3.05. The largest absolute Gasteiger partial charge is 0.352 e. The summed E-state index contributed by atoms with van der Waals surface area (Å²) in [6.07, 6.45) is 14.0. The summed E-state index contributed by atoms with van der Waals surface area (Å²) in [6.45, 7) is 3.60. The molecule has 0 radical (unpaired) electrons. The van der Waals surface area contributed by atoms with Crippen LogP contribution in [0.5, 0.6) is 0 Å². The maximum Gasteiger partial charge on any atom is 0.329 e. The van der Waals surface area contributed by atoms with Crippen molar-refractivity contribution in [2.75, 3.05) is 13.1 Å². The number of rotatable bonds is 6. The van der Waals surface area contributed by atoms with Gasteiger partial charge in [0.2, 0.25) is 0 Å². The molecule has 2 aromatic carbocycles. The Bertz CT molecular complexity index is 1320. The molecule has 188 valence electrons. The van der Waals surface area contributed by atoms with E-state index in [1.165, 1.54) is 44.1 Å². The molecule has 1 aliphatic heterocycles. The van der Waals surface area contributed by atoms with E-state index in [9.17, 15) is 4.79 Å². The first-order valence-electron chi connectivity index (χ1n) is 13.9. The highest BCUT2D eigenvalue weighted by molar-refractivity contribution is 5.76. The van der Waals surface area contributed by atoms with Gasteiger partial charge < -0.3 is 4.57 Å². The molecule has 0 bridgehead atoms. The molecule has 0 unspecified atom stereocenters. The molecular formula is C31H38N4O. The third-order valence-corrected chi connectivity index (χ3v) is 8.79. The van der Waals surface area contributed by atoms with Crippen LogP contribution < -0.4 is 5.69 Å². The van der Waals surface area contributed by atoms with Crippen LogP contribution in [0.4, 0.5) is 0 Å². The van der Waals surface area contributed by atoms with Gasteiger partial charge in [0.15, 0.2) is 0 Å². The first-order valence-corrected chi connectivity index (χ1v) is 13.9. The summed E-state index contributed by atoms with van der Waals surface area (Å²) in [6, 6.07) is 23.9. The molecule has 0 spiro atoms. The van der Waals surface area contributed by atoms with Crippen molar-refractivity contribution in [1.29, 1.82) is 0 Å². The molecule has 1 saturated carbocycles. The number of likely N-dealkylation sites (tertiary alicyclic amines) is 1. The van der Waals surface area contributed by atoms with E-state index in [4.69, 9.17) is 0 Å². The Balaban J connectivity index is 1.27. The quantitative estimate of drug-likeness (QED) is 0.307. The predicted octanol–water partition coefficient (Wildman–Crippen LogP) is 6.19. The molecule has 2 aromatic heterocycles. The lowest BCUT2D eigenvalue weighted by Crippen LogP contribution is -2.50. The molecular weight excluding hydrogens is 444 g/mol. The zero-order valence-corrected chi connectivity index (χ0v) is 21.3. The van der Waals surface area contributed by atoms with Crippen molar-refractivity contribution in [3.63, 3.8) is 0 Å². The summed E-state index contributed by atoms with van der Waals surface area (Å²) in [5.41, 5.74) is 3.93. The fraction of sp³-hybridized carbons (Fsp3) is 0.452. The van der Waals surface area contributed by atoms with Crippen LogP contribution in [-0.4, -0.2) is 31.7 Å². The SMILES string of the molecule is O=c1n(CCn2cccc2)c2ccccc2n1C1CCN(C2(c3ccccc3)CCCCCC2)CC1. The van der Waals surface area contributed by atoms with E-state index in [0.717, 1.165) is 43.5 Å². The minimum atomic E-state index is 0.147. The summed E-state index contributed by atoms with van der Waals surface area (Å²) < 4.78 is 6.25. The Morgan fingerprint density at radius 2 is 1.36 bits per heavy atom. The van der Waals surface area contributed by atoms with Gasteiger partial charge in [-0.2, -0.15) is 0 Å². The molecule has 3 heterocycles. The smallest absolute Gasteiger partial charge is 0.329 e. The van der Waals surface area contributed by atoms with E-state index in [1.807, 2.05) is 16.7 Å². The number of para-hydroxylation sites is 2. The highest BCUT2D eigenvalue weighted by atomic mass is 16.1. The van der Waals surface area contributed by atoms with Crippen LogP contribution in [0.3, 0.4) is 0 Å². The van der Waals surface area contributed by atoms with E-state index in [1.54, 1.807) is 0 Å². The summed E-state index contributed by atoms with van der Waals surface area (Å²) in [5.74, 6) is 0. The first kappa shape index (κ1) is 23.4. The van der Waals surface area contributed by atoms with E-state index in [0.29, 0.717) is 6.54 Å². The van der Waals surface area contributed by atoms with Gasteiger partial charge in [-0.1, -0.05) is 68.1 Å². The Morgan fingerprint density at radius 3 is 2.06 bits per heavy atom. The zero-order chi connectivity index (χ0) is 24.4. The highest BCUT2D eigenvalue weighted by Gasteiger charge is 2.40. The third-order valence-electron chi connectivity index (χ3n) is 8.79. The first-order chi connectivity index (χ1) is 17.8. The van der Waals surface area contributed by atoms with Crippen LogP contribution in [0.25, 0.3) is 11.0 Å². The normalized spacial score (nSPS) is 19.4. The molecule has 2 fully saturated rings. The summed E-state index contributed by atoms with van der Waals surface area (Å²) >= 11 is 0. The van der Waals surface area contributed by atoms with Crippen molar-refractivity contribution >= 4 is 11.0 Å². The predicted molar refractivity (Wildman–Crippen MR) is 146 cm³/mol. The number of fused-ring (bicyclic) bond motifs is 1. The number of hydrogen-bond donors (Lipinski definition) is 0. The minimum absolute atomic E-state index is 0.147. The fourth-order valence-electron chi connectivity index (χ4n) is 6.94. The number of piperidine rings is 1. The average Bonchev–Trinajstić information content (AvgIpc) is 3.45. The molecule has 5 nitrogen and oxygen atoms in total. The van der Waals surface area contributed by atoms with Crippen LogP contribution in [-0.2, 0) is 18.6 Å². The topological polar surface area (TPSA) is 35.1 Å². The zero-order valence-electron chi connectivity index (χ0n) is 21.3. The van der Waals surface area contributed by atoms with Gasteiger partial charge >= 0.3 is 5.69 Å². The molecule has 36 heavy (non-hydrogen) atoms. The summed E-state index contributed by atoms with van der Waals surface area (Å²) in [4.78, 5) is 16.5. The Kier molecular flexibility index (Phi) is 6.58. The van der Waals surface area contributed by atoms with Crippen LogP contribution in [0.1, 0.15) is 63.0 Å². The third kappa shape index (κ3) is 4.24. The Labute approximate surface area is 214 Å². The summed E-state index contributed by atoms with van der Waals surface area (Å²) in [7, 11) is 0. The molecule has 1 saturated heterocycles. The van der Waals surface area contributed by atoms with E-state index < -0.39 is 0 Å². The van der Waals surface area contributed by atoms with Crippen molar-refractivity contribution in [2.45, 2.75) is 76.0 Å². The number of aromatic nitrogens is 3. The van der Waals surface area contributed by atoms with Gasteiger partial charge in [-0.25, -0.2) is 4.79 Å². The van der Waals surface area contributed by atoms with Gasteiger partial charge in [0, 0.05) is 50.2 Å². The molecule has 5 heteroatoms. The van der Waals surface area contributed by atoms with Crippen molar-refractivity contribution in [3.05, 3.63) is 95.2 Å². The lowest BCUT2D eigenvalue weighted by molar-refractivity contribution is 0.0354. The number of nitrogens with zero attached hydrogens (tertiary/aromatic N) is 4. The standard InChI is InChI=1S/C31H38N4O/c36-30-34(25-24-32-20-10-11-21-32)28-14-6-7-15-29(28)35(30)27-16-22-33(23-17-27)31(18-8-1-2-9-19-31)26-12-4-3-5-13-26/h3-7,10-15,20-21,27H,1-2,8-9,16-19,22-25H2. The molecule has 1 aliphatic carbocycles. The number of aryl methyl sites for hydroxylation is 2. The second-order valence-corrected chi connectivity index (χ2v) is 10.7. The number of hydrogen-bond acceptors (Lipinski definition) is 2. The van der Waals surface area contributed by atoms with Crippen molar-refractivity contribution in [1.82, 2.24) is 18.6 Å². The highest BCUT2D eigenvalue weighted by Crippen LogP contribution is 2.43. The van der Waals surface area contributed by atoms with E-state index in [2.05, 4.69) is 81.0 Å². The van der Waals surface area contributed by atoms with E-state index >= 15 is 0 Å². The summed E-state index contributed by atoms with van der Waals surface area (Å²) in [5, 5.41) is 0. The fourth-order valence-corrected chi connectivity index (χ4v) is 6.94. The molecule has 0 N–H and O–H groups in total. The van der Waals surface area contributed by atoms with Gasteiger partial charge in [-0.3, -0.25) is 14.0 Å². The lowest BCUT2D eigenvalue weighted by Gasteiger charge is -2.47. The van der Waals surface area contributed by atoms with Crippen molar-refractivity contribution < 1.29 is 0 Å². The van der Waals surface area contributed by atoms with Crippen LogP contribution >= 0.6 is 0 Å². The minimum Gasteiger partial charge on any atom is -0.352 e. The Morgan fingerprint density at radius 1 is 0.722 bits per heavy atom. The van der Waals surface area contributed by atoms with Gasteiger partial charge in [-0.15, -0.1) is 0 Å². The second-order valence-electron chi connectivity index (χ2n) is 10.7. The maximum atomic E-state index is 13.8. The lowest BCUT2D eigenvalue weighted by atomic mass is 9.79. The van der Waals surface area contributed by atoms with Gasteiger partial charge in [-0.05, 0) is 55.5 Å². The van der Waals surface area contributed by atoms with Crippen molar-refractivity contribution in [2.24, 2.45) is 0 Å². The molecule has 0 amide bonds.